The fourth-order valence-electron chi connectivity index (χ4n) is 2.50. The molecule has 102 valence electrons. The van der Waals surface area contributed by atoms with Gasteiger partial charge in [-0.1, -0.05) is 32.0 Å². The predicted octanol–water partition coefficient (Wildman–Crippen LogP) is 2.76. The van der Waals surface area contributed by atoms with Crippen LogP contribution in [0, 0.1) is 0 Å². The molecule has 0 unspecified atom stereocenters. The lowest BCUT2D eigenvalue weighted by Gasteiger charge is -2.07. The Balaban J connectivity index is 2.47. The van der Waals surface area contributed by atoms with E-state index in [9.17, 15) is 0 Å². The van der Waals surface area contributed by atoms with Crippen molar-refractivity contribution in [2.45, 2.75) is 33.1 Å². The van der Waals surface area contributed by atoms with E-state index in [-0.39, 0.29) is 0 Å². The van der Waals surface area contributed by atoms with Crippen molar-refractivity contribution in [2.75, 3.05) is 13.6 Å². The Labute approximate surface area is 115 Å². The summed E-state index contributed by atoms with van der Waals surface area (Å²) in [5.74, 6) is 0. The van der Waals surface area contributed by atoms with Crippen LogP contribution in [0.3, 0.4) is 0 Å². The second-order valence-electron chi connectivity index (χ2n) is 4.68. The third-order valence-corrected chi connectivity index (χ3v) is 3.47. The predicted molar refractivity (Wildman–Crippen MR) is 80.0 cm³/mol. The SMILES string of the molecule is CCc1nn(-c2ccccc2)c(CC)c1CCNC. The molecule has 0 saturated heterocycles. The molecule has 2 aromatic rings. The molecule has 3 nitrogen and oxygen atoms in total. The van der Waals surface area contributed by atoms with Crippen molar-refractivity contribution in [1.82, 2.24) is 15.1 Å². The fraction of sp³-hybridized carbons (Fsp3) is 0.438. The quantitative estimate of drug-likeness (QED) is 0.862. The van der Waals surface area contributed by atoms with Crippen LogP contribution in [-0.2, 0) is 19.3 Å². The summed E-state index contributed by atoms with van der Waals surface area (Å²) in [5, 5.41) is 8.04. The third-order valence-electron chi connectivity index (χ3n) is 3.47. The first-order valence-corrected chi connectivity index (χ1v) is 7.11. The number of nitrogens with one attached hydrogen (secondary N) is 1. The average Bonchev–Trinajstić information content (AvgIpc) is 2.83. The number of aromatic nitrogens is 2. The fourth-order valence-corrected chi connectivity index (χ4v) is 2.50. The first-order valence-electron chi connectivity index (χ1n) is 7.11. The van der Waals surface area contributed by atoms with Crippen LogP contribution in [0.25, 0.3) is 5.69 Å². The molecule has 0 fully saturated rings. The molecule has 0 radical (unpaired) electrons. The van der Waals surface area contributed by atoms with Crippen molar-refractivity contribution in [3.8, 4) is 5.69 Å². The van der Waals surface area contributed by atoms with E-state index in [2.05, 4.69) is 48.1 Å². The number of nitrogens with zero attached hydrogens (tertiary/aromatic N) is 2. The number of aryl methyl sites for hydroxylation is 1. The van der Waals surface area contributed by atoms with Gasteiger partial charge in [0, 0.05) is 5.69 Å². The monoisotopic (exact) mass is 257 g/mol. The zero-order chi connectivity index (χ0) is 13.7. The van der Waals surface area contributed by atoms with Crippen LogP contribution in [0.4, 0.5) is 0 Å². The van der Waals surface area contributed by atoms with E-state index in [1.54, 1.807) is 0 Å². The molecule has 0 aliphatic carbocycles. The van der Waals surface area contributed by atoms with Gasteiger partial charge >= 0.3 is 0 Å². The van der Waals surface area contributed by atoms with Gasteiger partial charge in [-0.05, 0) is 50.6 Å². The van der Waals surface area contributed by atoms with Gasteiger partial charge in [0.2, 0.25) is 0 Å². The largest absolute Gasteiger partial charge is 0.319 e. The van der Waals surface area contributed by atoms with Gasteiger partial charge in [-0.15, -0.1) is 0 Å². The summed E-state index contributed by atoms with van der Waals surface area (Å²) in [4.78, 5) is 0. The van der Waals surface area contributed by atoms with E-state index in [0.29, 0.717) is 0 Å². The number of para-hydroxylation sites is 1. The lowest BCUT2D eigenvalue weighted by molar-refractivity contribution is 0.772. The second kappa shape index (κ2) is 6.53. The Bertz CT molecular complexity index is 514. The number of benzene rings is 1. The highest BCUT2D eigenvalue weighted by Crippen LogP contribution is 2.20. The maximum atomic E-state index is 4.81. The van der Waals surface area contributed by atoms with E-state index in [0.717, 1.165) is 31.5 Å². The zero-order valence-corrected chi connectivity index (χ0v) is 12.1. The molecule has 0 saturated carbocycles. The highest BCUT2D eigenvalue weighted by Gasteiger charge is 2.15. The number of rotatable bonds is 6. The first-order chi connectivity index (χ1) is 9.31. The maximum absolute atomic E-state index is 4.81. The van der Waals surface area contributed by atoms with E-state index in [4.69, 9.17) is 5.10 Å². The van der Waals surface area contributed by atoms with Crippen LogP contribution in [-0.4, -0.2) is 23.4 Å². The average molecular weight is 257 g/mol. The smallest absolute Gasteiger partial charge is 0.0661 e. The molecule has 19 heavy (non-hydrogen) atoms. The molecule has 1 aromatic carbocycles. The highest BCUT2D eigenvalue weighted by atomic mass is 15.3. The van der Waals surface area contributed by atoms with Crippen molar-refractivity contribution in [2.24, 2.45) is 0 Å². The first kappa shape index (κ1) is 13.8. The maximum Gasteiger partial charge on any atom is 0.0661 e. The summed E-state index contributed by atoms with van der Waals surface area (Å²) in [7, 11) is 2.00. The van der Waals surface area contributed by atoms with Crippen LogP contribution >= 0.6 is 0 Å². The molecular weight excluding hydrogens is 234 g/mol. The number of likely N-dealkylation sites (N-methyl/N-ethyl adjacent to an activating group) is 1. The Morgan fingerprint density at radius 1 is 1.11 bits per heavy atom. The van der Waals surface area contributed by atoms with Crippen LogP contribution < -0.4 is 5.32 Å². The van der Waals surface area contributed by atoms with Gasteiger partial charge in [0.15, 0.2) is 0 Å². The molecule has 1 N–H and O–H groups in total. The summed E-state index contributed by atoms with van der Waals surface area (Å²) < 4.78 is 2.11. The van der Waals surface area contributed by atoms with Crippen molar-refractivity contribution in [3.05, 3.63) is 47.3 Å². The molecule has 3 heteroatoms. The minimum atomic E-state index is 0.992. The lowest BCUT2D eigenvalue weighted by atomic mass is 10.1. The zero-order valence-electron chi connectivity index (χ0n) is 12.1. The molecule has 0 aliphatic heterocycles. The van der Waals surface area contributed by atoms with Crippen LogP contribution in [0.5, 0.6) is 0 Å². The molecule has 0 atom stereocenters. The summed E-state index contributed by atoms with van der Waals surface area (Å²) in [6.45, 7) is 5.39. The standard InChI is InChI=1S/C16H23N3/c1-4-15-14(11-12-17-3)16(5-2)19(18-15)13-9-7-6-8-10-13/h6-10,17H,4-5,11-12H2,1-3H3. The summed E-state index contributed by atoms with van der Waals surface area (Å²) >= 11 is 0. The van der Waals surface area contributed by atoms with E-state index < -0.39 is 0 Å². The van der Waals surface area contributed by atoms with Gasteiger partial charge in [-0.25, -0.2) is 4.68 Å². The topological polar surface area (TPSA) is 29.9 Å². The van der Waals surface area contributed by atoms with E-state index in [1.807, 2.05) is 13.1 Å². The van der Waals surface area contributed by atoms with E-state index >= 15 is 0 Å². The summed E-state index contributed by atoms with van der Waals surface area (Å²) in [6.07, 6.45) is 3.06. The van der Waals surface area contributed by atoms with Crippen molar-refractivity contribution in [3.63, 3.8) is 0 Å². The van der Waals surface area contributed by atoms with Crippen molar-refractivity contribution < 1.29 is 0 Å². The van der Waals surface area contributed by atoms with Gasteiger partial charge in [-0.2, -0.15) is 5.10 Å². The van der Waals surface area contributed by atoms with Crippen LogP contribution in [0.2, 0.25) is 0 Å². The van der Waals surface area contributed by atoms with Gasteiger partial charge in [0.25, 0.3) is 0 Å². The molecule has 2 rings (SSSR count). The lowest BCUT2D eigenvalue weighted by Crippen LogP contribution is -2.12. The van der Waals surface area contributed by atoms with E-state index in [1.165, 1.54) is 17.0 Å². The van der Waals surface area contributed by atoms with Gasteiger partial charge in [-0.3, -0.25) is 0 Å². The van der Waals surface area contributed by atoms with Gasteiger partial charge < -0.3 is 5.32 Å². The Morgan fingerprint density at radius 2 is 1.84 bits per heavy atom. The normalized spacial score (nSPS) is 10.9. The van der Waals surface area contributed by atoms with Gasteiger partial charge in [0.05, 0.1) is 11.4 Å². The van der Waals surface area contributed by atoms with Crippen LogP contribution in [0.1, 0.15) is 30.8 Å². The third kappa shape index (κ3) is 2.87. The summed E-state index contributed by atoms with van der Waals surface area (Å²) in [5.41, 5.74) is 5.15. The molecule has 1 aromatic heterocycles. The summed E-state index contributed by atoms with van der Waals surface area (Å²) in [6, 6.07) is 10.4. The minimum Gasteiger partial charge on any atom is -0.319 e. The molecule has 0 amide bonds. The Morgan fingerprint density at radius 3 is 2.42 bits per heavy atom. The Kier molecular flexibility index (Phi) is 4.74. The molecular formula is C16H23N3. The van der Waals surface area contributed by atoms with Gasteiger partial charge in [0.1, 0.15) is 0 Å². The molecule has 1 heterocycles. The molecule has 0 spiro atoms. The molecule has 0 aliphatic rings. The number of hydrogen-bond donors (Lipinski definition) is 1. The Hall–Kier alpha value is -1.61. The minimum absolute atomic E-state index is 0.992. The molecule has 0 bridgehead atoms. The van der Waals surface area contributed by atoms with Crippen LogP contribution in [0.15, 0.2) is 30.3 Å². The van der Waals surface area contributed by atoms with Crippen molar-refractivity contribution in [1.29, 1.82) is 0 Å². The number of hydrogen-bond acceptors (Lipinski definition) is 2. The van der Waals surface area contributed by atoms with Crippen molar-refractivity contribution >= 4 is 0 Å². The second-order valence-corrected chi connectivity index (χ2v) is 4.68. The highest BCUT2D eigenvalue weighted by molar-refractivity contribution is 5.38.